The molecule has 0 radical (unpaired) electrons. The third-order valence-electron chi connectivity index (χ3n) is 6.73. The third kappa shape index (κ3) is 4.73. The van der Waals surface area contributed by atoms with Crippen LogP contribution in [-0.2, 0) is 0 Å². The van der Waals surface area contributed by atoms with E-state index in [9.17, 15) is 4.79 Å². The molecule has 166 valence electrons. The maximum Gasteiger partial charge on any atom is 0.175 e. The standard InChI is InChI=1S/C27H30N2O2S/c1-18(13-26(30)27-19(2)28-17-32-27)21-5-7-22(8-6-21)23-14-29(15-23)24-9-11-25(12-10-24)31-16-20-3-4-20/h5-12,17-18,20,23H,3-4,13-16H2,1-2H3/t18-/m1/s1. The molecule has 5 heteroatoms. The number of hydrogen-bond donors (Lipinski definition) is 0. The quantitative estimate of drug-likeness (QED) is 0.366. The van der Waals surface area contributed by atoms with Gasteiger partial charge in [0.2, 0.25) is 0 Å². The summed E-state index contributed by atoms with van der Waals surface area (Å²) in [5, 5.41) is 0. The lowest BCUT2D eigenvalue weighted by Gasteiger charge is -2.41. The number of aromatic nitrogens is 1. The molecule has 2 heterocycles. The summed E-state index contributed by atoms with van der Waals surface area (Å²) < 4.78 is 5.85. The predicted octanol–water partition coefficient (Wildman–Crippen LogP) is 6.22. The number of aryl methyl sites for hydroxylation is 1. The first-order valence-corrected chi connectivity index (χ1v) is 12.5. The Morgan fingerprint density at radius 2 is 1.84 bits per heavy atom. The molecule has 3 aromatic rings. The van der Waals surface area contributed by atoms with Crippen LogP contribution in [0, 0.1) is 12.8 Å². The Morgan fingerprint density at radius 3 is 2.47 bits per heavy atom. The van der Waals surface area contributed by atoms with Crippen molar-refractivity contribution in [2.75, 3.05) is 24.6 Å². The van der Waals surface area contributed by atoms with Crippen molar-refractivity contribution >= 4 is 22.8 Å². The number of carbonyl (C=O) groups excluding carboxylic acids is 1. The summed E-state index contributed by atoms with van der Waals surface area (Å²) in [6.45, 7) is 6.98. The highest BCUT2D eigenvalue weighted by Crippen LogP contribution is 2.34. The second kappa shape index (κ2) is 9.07. The molecule has 1 saturated heterocycles. The van der Waals surface area contributed by atoms with Crippen molar-refractivity contribution in [2.45, 2.75) is 44.9 Å². The van der Waals surface area contributed by atoms with Crippen LogP contribution in [0.25, 0.3) is 0 Å². The first-order valence-electron chi connectivity index (χ1n) is 11.6. The smallest absolute Gasteiger partial charge is 0.175 e. The molecule has 1 aliphatic carbocycles. The lowest BCUT2D eigenvalue weighted by Crippen LogP contribution is -2.45. The fraction of sp³-hybridized carbons (Fsp3) is 0.407. The zero-order valence-corrected chi connectivity index (χ0v) is 19.6. The summed E-state index contributed by atoms with van der Waals surface area (Å²) in [4.78, 5) is 20.0. The van der Waals surface area contributed by atoms with Crippen LogP contribution in [0.2, 0.25) is 0 Å². The van der Waals surface area contributed by atoms with Crippen LogP contribution in [-0.4, -0.2) is 30.5 Å². The monoisotopic (exact) mass is 446 g/mol. The fourth-order valence-electron chi connectivity index (χ4n) is 4.31. The van der Waals surface area contributed by atoms with Gasteiger partial charge in [-0.1, -0.05) is 31.2 Å². The second-order valence-electron chi connectivity index (χ2n) is 9.31. The first kappa shape index (κ1) is 21.2. The van der Waals surface area contributed by atoms with E-state index in [4.69, 9.17) is 4.74 Å². The van der Waals surface area contributed by atoms with Crippen molar-refractivity contribution in [2.24, 2.45) is 5.92 Å². The van der Waals surface area contributed by atoms with Gasteiger partial charge in [0.25, 0.3) is 0 Å². The number of rotatable bonds is 9. The number of ether oxygens (including phenoxy) is 1. The maximum absolute atomic E-state index is 12.6. The van der Waals surface area contributed by atoms with Crippen molar-refractivity contribution in [3.63, 3.8) is 0 Å². The van der Waals surface area contributed by atoms with Gasteiger partial charge >= 0.3 is 0 Å². The van der Waals surface area contributed by atoms with Gasteiger partial charge in [-0.25, -0.2) is 4.98 Å². The first-order chi connectivity index (χ1) is 15.6. The second-order valence-corrected chi connectivity index (χ2v) is 10.2. The minimum Gasteiger partial charge on any atom is -0.493 e. The summed E-state index contributed by atoms with van der Waals surface area (Å²) in [7, 11) is 0. The SMILES string of the molecule is Cc1ncsc1C(=O)C[C@@H](C)c1ccc(C2CN(c3ccc(OCC4CC4)cc3)C2)cc1. The molecule has 32 heavy (non-hydrogen) atoms. The van der Waals surface area contributed by atoms with E-state index in [0.29, 0.717) is 12.3 Å². The molecule has 1 saturated carbocycles. The van der Waals surface area contributed by atoms with Crippen LogP contribution in [0.3, 0.4) is 0 Å². The number of nitrogens with zero attached hydrogens (tertiary/aromatic N) is 2. The number of benzene rings is 2. The average molecular weight is 447 g/mol. The van der Waals surface area contributed by atoms with E-state index in [-0.39, 0.29) is 11.7 Å². The van der Waals surface area contributed by atoms with E-state index < -0.39 is 0 Å². The van der Waals surface area contributed by atoms with E-state index in [1.54, 1.807) is 5.51 Å². The van der Waals surface area contributed by atoms with Crippen molar-refractivity contribution in [1.29, 1.82) is 0 Å². The minimum atomic E-state index is 0.195. The van der Waals surface area contributed by atoms with Crippen molar-refractivity contribution in [1.82, 2.24) is 4.98 Å². The number of carbonyl (C=O) groups is 1. The van der Waals surface area contributed by atoms with Gasteiger partial charge in [0.1, 0.15) is 5.75 Å². The Morgan fingerprint density at radius 1 is 1.12 bits per heavy atom. The zero-order valence-electron chi connectivity index (χ0n) is 18.8. The molecule has 2 aromatic carbocycles. The van der Waals surface area contributed by atoms with Crippen molar-refractivity contribution in [3.8, 4) is 5.75 Å². The lowest BCUT2D eigenvalue weighted by atomic mass is 9.88. The summed E-state index contributed by atoms with van der Waals surface area (Å²) in [5.74, 6) is 2.72. The fourth-order valence-corrected chi connectivity index (χ4v) is 5.06. The number of anilines is 1. The van der Waals surface area contributed by atoms with Crippen LogP contribution in [0.4, 0.5) is 5.69 Å². The van der Waals surface area contributed by atoms with Gasteiger partial charge in [0.15, 0.2) is 5.78 Å². The van der Waals surface area contributed by atoms with E-state index in [0.717, 1.165) is 41.9 Å². The molecule has 2 aliphatic rings. The van der Waals surface area contributed by atoms with Gasteiger partial charge in [-0.15, -0.1) is 11.3 Å². The summed E-state index contributed by atoms with van der Waals surface area (Å²) in [5.41, 5.74) is 6.47. The predicted molar refractivity (Wildman–Crippen MR) is 130 cm³/mol. The van der Waals surface area contributed by atoms with Gasteiger partial charge in [0.05, 0.1) is 22.7 Å². The molecule has 0 unspecified atom stereocenters. The molecule has 0 N–H and O–H groups in total. The van der Waals surface area contributed by atoms with Crippen LogP contribution >= 0.6 is 11.3 Å². The molecule has 1 aliphatic heterocycles. The van der Waals surface area contributed by atoms with Gasteiger partial charge in [0, 0.05) is 31.1 Å². The molecule has 4 nitrogen and oxygen atoms in total. The van der Waals surface area contributed by atoms with Crippen LogP contribution in [0.5, 0.6) is 5.75 Å². The third-order valence-corrected chi connectivity index (χ3v) is 7.70. The Bertz CT molecular complexity index is 1060. The maximum atomic E-state index is 12.6. The summed E-state index contributed by atoms with van der Waals surface area (Å²) in [6.07, 6.45) is 3.16. The van der Waals surface area contributed by atoms with E-state index in [1.807, 2.05) is 6.92 Å². The minimum absolute atomic E-state index is 0.195. The highest BCUT2D eigenvalue weighted by Gasteiger charge is 2.28. The normalized spacial score (nSPS) is 17.1. The number of thiazole rings is 1. The summed E-state index contributed by atoms with van der Waals surface area (Å²) >= 11 is 1.44. The Hall–Kier alpha value is -2.66. The van der Waals surface area contributed by atoms with E-state index in [1.165, 1.54) is 41.0 Å². The summed E-state index contributed by atoms with van der Waals surface area (Å²) in [6, 6.07) is 17.4. The van der Waals surface area contributed by atoms with Crippen LogP contribution in [0.15, 0.2) is 54.0 Å². The number of Topliss-reactive ketones (excluding diaryl/α,β-unsaturated/α-hetero) is 1. The lowest BCUT2D eigenvalue weighted by molar-refractivity contribution is 0.0979. The molecule has 1 atom stereocenters. The van der Waals surface area contributed by atoms with E-state index in [2.05, 4.69) is 65.3 Å². The molecule has 2 fully saturated rings. The highest BCUT2D eigenvalue weighted by atomic mass is 32.1. The largest absolute Gasteiger partial charge is 0.493 e. The number of ketones is 1. The topological polar surface area (TPSA) is 42.4 Å². The van der Waals surface area contributed by atoms with Crippen molar-refractivity contribution < 1.29 is 9.53 Å². The van der Waals surface area contributed by atoms with Crippen molar-refractivity contribution in [3.05, 3.63) is 75.7 Å². The number of hydrogen-bond acceptors (Lipinski definition) is 5. The molecule has 0 bridgehead atoms. The molecule has 0 amide bonds. The Balaban J connectivity index is 1.12. The van der Waals surface area contributed by atoms with E-state index >= 15 is 0 Å². The molecule has 0 spiro atoms. The van der Waals surface area contributed by atoms with Gasteiger partial charge in [-0.05, 0) is 67.0 Å². The molecular formula is C27H30N2O2S. The van der Waals surface area contributed by atoms with Gasteiger partial charge in [-0.3, -0.25) is 4.79 Å². The molecule has 5 rings (SSSR count). The van der Waals surface area contributed by atoms with Crippen LogP contribution in [0.1, 0.15) is 64.5 Å². The van der Waals surface area contributed by atoms with Gasteiger partial charge < -0.3 is 9.64 Å². The highest BCUT2D eigenvalue weighted by molar-refractivity contribution is 7.11. The molecule has 1 aromatic heterocycles. The Kier molecular flexibility index (Phi) is 6.01. The zero-order chi connectivity index (χ0) is 22.1. The Labute approximate surface area is 194 Å². The van der Waals surface area contributed by atoms with Gasteiger partial charge in [-0.2, -0.15) is 0 Å². The van der Waals surface area contributed by atoms with Crippen LogP contribution < -0.4 is 9.64 Å². The average Bonchev–Trinajstić information content (AvgIpc) is 3.50. The molecular weight excluding hydrogens is 416 g/mol.